The molecule has 2 atom stereocenters. The van der Waals surface area contributed by atoms with Crippen LogP contribution in [0.4, 0.5) is 5.69 Å². The van der Waals surface area contributed by atoms with E-state index in [-0.39, 0.29) is 29.0 Å². The summed E-state index contributed by atoms with van der Waals surface area (Å²) in [6.45, 7) is 10.4. The van der Waals surface area contributed by atoms with Gasteiger partial charge in [0.2, 0.25) is 21.8 Å². The predicted molar refractivity (Wildman–Crippen MR) is 128 cm³/mol. The molecule has 1 saturated heterocycles. The van der Waals surface area contributed by atoms with E-state index in [2.05, 4.69) is 13.8 Å². The number of piperidine rings is 1. The molecule has 2 heterocycles. The van der Waals surface area contributed by atoms with Crippen LogP contribution in [0.15, 0.2) is 28.0 Å². The highest BCUT2D eigenvalue weighted by Gasteiger charge is 2.33. The van der Waals surface area contributed by atoms with Gasteiger partial charge in [0.15, 0.2) is 0 Å². The lowest BCUT2D eigenvalue weighted by molar-refractivity contribution is -0.133. The Kier molecular flexibility index (Phi) is 8.27. The molecule has 2 amide bonds. The number of fused-ring (bicyclic) bond motifs is 1. The molecule has 0 radical (unpaired) electrons. The highest BCUT2D eigenvalue weighted by Crippen LogP contribution is 2.37. The Morgan fingerprint density at radius 2 is 1.75 bits per heavy atom. The molecule has 0 unspecified atom stereocenters. The summed E-state index contributed by atoms with van der Waals surface area (Å²) in [5.74, 6) is 0.866. The molecule has 2 aliphatic rings. The molecular weight excluding hydrogens is 446 g/mol. The smallest absolute Gasteiger partial charge is 0.243 e. The minimum atomic E-state index is -3.67. The van der Waals surface area contributed by atoms with Crippen LogP contribution in [0, 0.1) is 11.8 Å². The summed E-state index contributed by atoms with van der Waals surface area (Å²) in [5.41, 5.74) is 0.520. The number of hydrogen-bond donors (Lipinski definition) is 0. The molecule has 0 N–H and O–H groups in total. The van der Waals surface area contributed by atoms with Gasteiger partial charge in [0.05, 0.1) is 16.3 Å². The number of thioether (sulfide) groups is 1. The summed E-state index contributed by atoms with van der Waals surface area (Å²) in [7, 11) is -3.67. The zero-order valence-corrected chi connectivity index (χ0v) is 21.2. The standard InChI is InChI=1S/C23H35N3O4S2/c1-5-9-25(10-6-2)32(29,30)19-7-8-21-20(12-19)26(23(28)16-31-21)15-22(27)24-13-17(3)11-18(4)14-24/h7-8,12,17-18H,5-6,9-11,13-16H2,1-4H3/t17-,18-/m1/s1. The van der Waals surface area contributed by atoms with Crippen LogP contribution in [0.25, 0.3) is 0 Å². The number of benzene rings is 1. The zero-order valence-electron chi connectivity index (χ0n) is 19.5. The molecule has 1 aromatic carbocycles. The monoisotopic (exact) mass is 481 g/mol. The van der Waals surface area contributed by atoms with E-state index in [4.69, 9.17) is 0 Å². The van der Waals surface area contributed by atoms with Crippen molar-refractivity contribution >= 4 is 39.3 Å². The maximum absolute atomic E-state index is 13.3. The van der Waals surface area contributed by atoms with E-state index in [0.29, 0.717) is 43.7 Å². The minimum Gasteiger partial charge on any atom is -0.341 e. The molecule has 0 aromatic heterocycles. The number of likely N-dealkylation sites (tertiary alicyclic amines) is 1. The molecule has 3 rings (SSSR count). The Morgan fingerprint density at radius 3 is 2.34 bits per heavy atom. The first kappa shape index (κ1) is 25.1. The average Bonchev–Trinajstić information content (AvgIpc) is 2.74. The van der Waals surface area contributed by atoms with Gasteiger partial charge in [-0.2, -0.15) is 4.31 Å². The molecule has 0 saturated carbocycles. The lowest BCUT2D eigenvalue weighted by Crippen LogP contribution is -2.49. The summed E-state index contributed by atoms with van der Waals surface area (Å²) in [5, 5.41) is 0. The minimum absolute atomic E-state index is 0.0526. The first-order chi connectivity index (χ1) is 15.2. The van der Waals surface area contributed by atoms with E-state index >= 15 is 0 Å². The van der Waals surface area contributed by atoms with Crippen LogP contribution < -0.4 is 4.90 Å². The lowest BCUT2D eigenvalue weighted by Gasteiger charge is -2.37. The van der Waals surface area contributed by atoms with Crippen LogP contribution in [-0.2, 0) is 19.6 Å². The number of hydrogen-bond acceptors (Lipinski definition) is 5. The van der Waals surface area contributed by atoms with Gasteiger partial charge in [0.1, 0.15) is 6.54 Å². The molecular formula is C23H35N3O4S2. The molecule has 0 spiro atoms. The average molecular weight is 482 g/mol. The fraction of sp³-hybridized carbons (Fsp3) is 0.652. The maximum atomic E-state index is 13.3. The van der Waals surface area contributed by atoms with E-state index in [1.54, 1.807) is 18.2 Å². The second-order valence-electron chi connectivity index (χ2n) is 9.05. The second kappa shape index (κ2) is 10.6. The largest absolute Gasteiger partial charge is 0.341 e. The summed E-state index contributed by atoms with van der Waals surface area (Å²) < 4.78 is 28.0. The Bertz CT molecular complexity index is 935. The number of carbonyl (C=O) groups is 2. The highest BCUT2D eigenvalue weighted by molar-refractivity contribution is 8.00. The molecule has 9 heteroatoms. The van der Waals surface area contributed by atoms with Crippen molar-refractivity contribution < 1.29 is 18.0 Å². The number of carbonyl (C=O) groups excluding carboxylic acids is 2. The number of sulfonamides is 1. The molecule has 32 heavy (non-hydrogen) atoms. The third-order valence-electron chi connectivity index (χ3n) is 5.97. The van der Waals surface area contributed by atoms with Crippen LogP contribution >= 0.6 is 11.8 Å². The van der Waals surface area contributed by atoms with Gasteiger partial charge in [0.25, 0.3) is 0 Å². The van der Waals surface area contributed by atoms with E-state index in [1.165, 1.54) is 21.0 Å². The predicted octanol–water partition coefficient (Wildman–Crippen LogP) is 3.44. The summed E-state index contributed by atoms with van der Waals surface area (Å²) in [6.07, 6.45) is 2.55. The van der Waals surface area contributed by atoms with Crippen molar-refractivity contribution in [2.45, 2.75) is 56.7 Å². The first-order valence-electron chi connectivity index (χ1n) is 11.5. The van der Waals surface area contributed by atoms with Crippen LogP contribution in [0.5, 0.6) is 0 Å². The molecule has 2 aliphatic heterocycles. The fourth-order valence-electron chi connectivity index (χ4n) is 4.62. The van der Waals surface area contributed by atoms with E-state index in [1.807, 2.05) is 18.7 Å². The third-order valence-corrected chi connectivity index (χ3v) is 8.91. The molecule has 1 aromatic rings. The normalized spacial score (nSPS) is 21.7. The molecule has 178 valence electrons. The first-order valence-corrected chi connectivity index (χ1v) is 13.9. The van der Waals surface area contributed by atoms with Gasteiger partial charge in [-0.15, -0.1) is 11.8 Å². The maximum Gasteiger partial charge on any atom is 0.243 e. The van der Waals surface area contributed by atoms with E-state index in [9.17, 15) is 18.0 Å². The summed E-state index contributed by atoms with van der Waals surface area (Å²) in [4.78, 5) is 30.2. The van der Waals surface area contributed by atoms with Crippen molar-refractivity contribution in [2.75, 3.05) is 43.4 Å². The van der Waals surface area contributed by atoms with Crippen molar-refractivity contribution in [1.82, 2.24) is 9.21 Å². The fourth-order valence-corrected chi connectivity index (χ4v) is 7.18. The topological polar surface area (TPSA) is 78.0 Å². The van der Waals surface area contributed by atoms with Gasteiger partial charge in [-0.25, -0.2) is 8.42 Å². The van der Waals surface area contributed by atoms with Gasteiger partial charge < -0.3 is 9.80 Å². The summed E-state index contributed by atoms with van der Waals surface area (Å²) >= 11 is 1.39. The van der Waals surface area contributed by atoms with Crippen molar-refractivity contribution in [3.8, 4) is 0 Å². The molecule has 0 aliphatic carbocycles. The van der Waals surface area contributed by atoms with E-state index in [0.717, 1.165) is 24.2 Å². The Labute approximate surface area is 196 Å². The van der Waals surface area contributed by atoms with Crippen molar-refractivity contribution in [2.24, 2.45) is 11.8 Å². The number of rotatable bonds is 8. The van der Waals surface area contributed by atoms with Gasteiger partial charge in [0, 0.05) is 31.1 Å². The SMILES string of the molecule is CCCN(CCC)S(=O)(=O)c1ccc2c(c1)N(CC(=O)N1C[C@H](C)C[C@@H](C)C1)C(=O)CS2. The molecule has 1 fully saturated rings. The van der Waals surface area contributed by atoms with Gasteiger partial charge >= 0.3 is 0 Å². The lowest BCUT2D eigenvalue weighted by atomic mass is 9.92. The molecule has 0 bridgehead atoms. The molecule has 7 nitrogen and oxygen atoms in total. The van der Waals surface area contributed by atoms with Crippen LogP contribution in [0.2, 0.25) is 0 Å². The second-order valence-corrected chi connectivity index (χ2v) is 12.0. The quantitative estimate of drug-likeness (QED) is 0.568. The van der Waals surface area contributed by atoms with E-state index < -0.39 is 10.0 Å². The van der Waals surface area contributed by atoms with Crippen LogP contribution in [-0.4, -0.2) is 67.9 Å². The number of nitrogens with zero attached hydrogens (tertiary/aromatic N) is 3. The van der Waals surface area contributed by atoms with Crippen LogP contribution in [0.1, 0.15) is 47.0 Å². The number of anilines is 1. The van der Waals surface area contributed by atoms with Gasteiger partial charge in [-0.1, -0.05) is 27.7 Å². The Hall–Kier alpha value is -1.58. The Morgan fingerprint density at radius 1 is 1.12 bits per heavy atom. The number of amides is 2. The zero-order chi connectivity index (χ0) is 23.5. The van der Waals surface area contributed by atoms with Crippen molar-refractivity contribution in [1.29, 1.82) is 0 Å². The highest BCUT2D eigenvalue weighted by atomic mass is 32.2. The van der Waals surface area contributed by atoms with Gasteiger partial charge in [-0.3, -0.25) is 9.59 Å². The summed E-state index contributed by atoms with van der Waals surface area (Å²) in [6, 6.07) is 4.95. The third kappa shape index (κ3) is 5.48. The van der Waals surface area contributed by atoms with Crippen molar-refractivity contribution in [3.63, 3.8) is 0 Å². The van der Waals surface area contributed by atoms with Crippen LogP contribution in [0.3, 0.4) is 0 Å². The van der Waals surface area contributed by atoms with Gasteiger partial charge in [-0.05, 0) is 49.3 Å². The van der Waals surface area contributed by atoms with Crippen molar-refractivity contribution in [3.05, 3.63) is 18.2 Å². The Balaban J connectivity index is 1.89.